The molecule has 2 heterocycles. The molecule has 110 valence electrons. The Morgan fingerprint density at radius 1 is 1.25 bits per heavy atom. The van der Waals surface area contributed by atoms with Crippen LogP contribution in [-0.4, -0.2) is 25.3 Å². The minimum atomic E-state index is 0.0644. The van der Waals surface area contributed by atoms with Crippen molar-refractivity contribution < 1.29 is 9.47 Å². The monoisotopic (exact) mass is 275 g/mol. The number of hydrogen-bond acceptors (Lipinski definition) is 3. The summed E-state index contributed by atoms with van der Waals surface area (Å²) in [5.41, 5.74) is 1.39. The Kier molecular flexibility index (Phi) is 3.88. The second kappa shape index (κ2) is 5.65. The fourth-order valence-corrected chi connectivity index (χ4v) is 3.07. The van der Waals surface area contributed by atoms with Gasteiger partial charge in [0.05, 0.1) is 6.61 Å². The Morgan fingerprint density at radius 3 is 2.80 bits per heavy atom. The molecule has 2 aliphatic rings. The second-order valence-corrected chi connectivity index (χ2v) is 6.51. The van der Waals surface area contributed by atoms with Crippen molar-refractivity contribution in [2.24, 2.45) is 5.92 Å². The van der Waals surface area contributed by atoms with E-state index < -0.39 is 0 Å². The van der Waals surface area contributed by atoms with Crippen LogP contribution in [-0.2, 0) is 6.42 Å². The summed E-state index contributed by atoms with van der Waals surface area (Å²) in [6.45, 7) is 7.23. The number of ether oxygens (including phenoxy) is 2. The molecular formula is C17H25NO2. The molecule has 1 saturated heterocycles. The summed E-state index contributed by atoms with van der Waals surface area (Å²) in [5, 5.41) is 3.42. The Balaban J connectivity index is 1.75. The molecule has 1 aromatic rings. The van der Waals surface area contributed by atoms with Crippen LogP contribution in [0.1, 0.15) is 38.7 Å². The summed E-state index contributed by atoms with van der Waals surface area (Å²) in [6, 6.07) is 6.32. The van der Waals surface area contributed by atoms with Gasteiger partial charge in [-0.15, -0.1) is 0 Å². The lowest BCUT2D eigenvalue weighted by Crippen LogP contribution is -2.48. The van der Waals surface area contributed by atoms with E-state index in [9.17, 15) is 0 Å². The van der Waals surface area contributed by atoms with Crippen LogP contribution in [0, 0.1) is 5.92 Å². The highest BCUT2D eigenvalue weighted by atomic mass is 16.5. The SMILES string of the molecule is CC(C)COc1ccc2c(c1)OC1(CCNCC1)CC2. The van der Waals surface area contributed by atoms with E-state index in [1.807, 2.05) is 0 Å². The van der Waals surface area contributed by atoms with Gasteiger partial charge < -0.3 is 14.8 Å². The lowest BCUT2D eigenvalue weighted by atomic mass is 9.84. The van der Waals surface area contributed by atoms with Gasteiger partial charge >= 0.3 is 0 Å². The molecule has 0 radical (unpaired) electrons. The van der Waals surface area contributed by atoms with E-state index in [1.165, 1.54) is 5.56 Å². The maximum absolute atomic E-state index is 6.39. The molecule has 1 spiro atoms. The van der Waals surface area contributed by atoms with Crippen LogP contribution in [0.3, 0.4) is 0 Å². The average Bonchev–Trinajstić information content (AvgIpc) is 2.45. The molecule has 2 aliphatic heterocycles. The van der Waals surface area contributed by atoms with Crippen molar-refractivity contribution in [2.45, 2.75) is 45.1 Å². The molecule has 0 amide bonds. The number of aryl methyl sites for hydroxylation is 1. The summed E-state index contributed by atoms with van der Waals surface area (Å²) < 4.78 is 12.2. The molecule has 0 aliphatic carbocycles. The molecule has 3 heteroatoms. The van der Waals surface area contributed by atoms with Crippen molar-refractivity contribution in [2.75, 3.05) is 19.7 Å². The Hall–Kier alpha value is -1.22. The van der Waals surface area contributed by atoms with Crippen molar-refractivity contribution in [3.63, 3.8) is 0 Å². The number of nitrogens with one attached hydrogen (secondary N) is 1. The van der Waals surface area contributed by atoms with Gasteiger partial charge in [0, 0.05) is 6.07 Å². The van der Waals surface area contributed by atoms with E-state index in [2.05, 4.69) is 37.4 Å². The van der Waals surface area contributed by atoms with Gasteiger partial charge in [-0.25, -0.2) is 0 Å². The van der Waals surface area contributed by atoms with E-state index >= 15 is 0 Å². The van der Waals surface area contributed by atoms with Gasteiger partial charge in [-0.05, 0) is 56.3 Å². The van der Waals surface area contributed by atoms with Gasteiger partial charge in [0.1, 0.15) is 17.1 Å². The fraction of sp³-hybridized carbons (Fsp3) is 0.647. The van der Waals surface area contributed by atoms with E-state index in [1.54, 1.807) is 0 Å². The molecular weight excluding hydrogens is 250 g/mol. The molecule has 1 aromatic carbocycles. The van der Waals surface area contributed by atoms with Crippen LogP contribution in [0.15, 0.2) is 18.2 Å². The van der Waals surface area contributed by atoms with Crippen molar-refractivity contribution in [3.05, 3.63) is 23.8 Å². The van der Waals surface area contributed by atoms with Gasteiger partial charge in [0.15, 0.2) is 0 Å². The molecule has 3 rings (SSSR count). The Morgan fingerprint density at radius 2 is 2.05 bits per heavy atom. The lowest BCUT2D eigenvalue weighted by molar-refractivity contribution is 0.0167. The Labute approximate surface area is 121 Å². The van der Waals surface area contributed by atoms with Gasteiger partial charge in [-0.2, -0.15) is 0 Å². The predicted molar refractivity (Wildman–Crippen MR) is 80.6 cm³/mol. The molecule has 0 aromatic heterocycles. The van der Waals surface area contributed by atoms with Gasteiger partial charge in [-0.3, -0.25) is 0 Å². The van der Waals surface area contributed by atoms with Crippen LogP contribution in [0.4, 0.5) is 0 Å². The first kappa shape index (κ1) is 13.7. The summed E-state index contributed by atoms with van der Waals surface area (Å²) in [6.07, 6.45) is 4.50. The maximum Gasteiger partial charge on any atom is 0.127 e. The zero-order valence-electron chi connectivity index (χ0n) is 12.6. The molecule has 1 N–H and O–H groups in total. The van der Waals surface area contributed by atoms with Crippen LogP contribution >= 0.6 is 0 Å². The minimum absolute atomic E-state index is 0.0644. The van der Waals surface area contributed by atoms with E-state index in [4.69, 9.17) is 9.47 Å². The molecule has 0 saturated carbocycles. The third-order valence-corrected chi connectivity index (χ3v) is 4.31. The first-order chi connectivity index (χ1) is 9.67. The molecule has 0 unspecified atom stereocenters. The highest BCUT2D eigenvalue weighted by Gasteiger charge is 2.37. The summed E-state index contributed by atoms with van der Waals surface area (Å²) in [5.74, 6) is 2.52. The van der Waals surface area contributed by atoms with Gasteiger partial charge in [-0.1, -0.05) is 19.9 Å². The molecule has 1 fully saturated rings. The van der Waals surface area contributed by atoms with Crippen molar-refractivity contribution >= 4 is 0 Å². The smallest absolute Gasteiger partial charge is 0.127 e. The van der Waals surface area contributed by atoms with Crippen molar-refractivity contribution in [3.8, 4) is 11.5 Å². The number of piperidine rings is 1. The second-order valence-electron chi connectivity index (χ2n) is 6.51. The largest absolute Gasteiger partial charge is 0.493 e. The van der Waals surface area contributed by atoms with Gasteiger partial charge in [0.25, 0.3) is 0 Å². The van der Waals surface area contributed by atoms with Crippen molar-refractivity contribution in [1.29, 1.82) is 0 Å². The quantitative estimate of drug-likeness (QED) is 0.919. The highest BCUT2D eigenvalue weighted by molar-refractivity contribution is 5.42. The fourth-order valence-electron chi connectivity index (χ4n) is 3.07. The van der Waals surface area contributed by atoms with E-state index in [0.717, 1.165) is 56.9 Å². The first-order valence-corrected chi connectivity index (χ1v) is 7.82. The normalized spacial score (nSPS) is 20.6. The zero-order valence-corrected chi connectivity index (χ0v) is 12.6. The number of benzene rings is 1. The van der Waals surface area contributed by atoms with Gasteiger partial charge in [0.2, 0.25) is 0 Å². The summed E-state index contributed by atoms with van der Waals surface area (Å²) in [4.78, 5) is 0. The maximum atomic E-state index is 6.39. The number of hydrogen-bond donors (Lipinski definition) is 1. The van der Waals surface area contributed by atoms with Crippen LogP contribution < -0.4 is 14.8 Å². The predicted octanol–water partition coefficient (Wildman–Crippen LogP) is 3.17. The third kappa shape index (κ3) is 2.93. The van der Waals surface area contributed by atoms with Crippen molar-refractivity contribution in [1.82, 2.24) is 5.32 Å². The lowest BCUT2D eigenvalue weighted by Gasteiger charge is -2.41. The third-order valence-electron chi connectivity index (χ3n) is 4.31. The van der Waals surface area contributed by atoms with E-state index in [-0.39, 0.29) is 5.60 Å². The average molecular weight is 275 g/mol. The molecule has 0 bridgehead atoms. The minimum Gasteiger partial charge on any atom is -0.493 e. The van der Waals surface area contributed by atoms with E-state index in [0.29, 0.717) is 5.92 Å². The highest BCUT2D eigenvalue weighted by Crippen LogP contribution is 2.39. The topological polar surface area (TPSA) is 30.5 Å². The number of fused-ring (bicyclic) bond motifs is 1. The van der Waals surface area contributed by atoms with Crippen LogP contribution in [0.5, 0.6) is 11.5 Å². The summed E-state index contributed by atoms with van der Waals surface area (Å²) >= 11 is 0. The molecule has 0 atom stereocenters. The first-order valence-electron chi connectivity index (χ1n) is 7.82. The standard InChI is InChI=1S/C17H25NO2/c1-13(2)12-19-15-4-3-14-5-6-17(20-16(14)11-15)7-9-18-10-8-17/h3-4,11,13,18H,5-10,12H2,1-2H3. The van der Waals surface area contributed by atoms with Crippen LogP contribution in [0.2, 0.25) is 0 Å². The molecule has 20 heavy (non-hydrogen) atoms. The van der Waals surface area contributed by atoms with Crippen LogP contribution in [0.25, 0.3) is 0 Å². The number of rotatable bonds is 3. The summed E-state index contributed by atoms with van der Waals surface area (Å²) in [7, 11) is 0. The Bertz CT molecular complexity index is 464. The zero-order chi connectivity index (χ0) is 14.0. The molecule has 3 nitrogen and oxygen atoms in total.